The van der Waals surface area contributed by atoms with Gasteiger partial charge in [0.25, 0.3) is 0 Å². The quantitative estimate of drug-likeness (QED) is 0.270. The lowest BCUT2D eigenvalue weighted by atomic mass is 10.0. The van der Waals surface area contributed by atoms with Gasteiger partial charge in [-0.15, -0.1) is 0 Å². The van der Waals surface area contributed by atoms with Crippen LogP contribution in [0.1, 0.15) is 30.3 Å². The van der Waals surface area contributed by atoms with Crippen molar-refractivity contribution in [2.24, 2.45) is 21.5 Å². The van der Waals surface area contributed by atoms with Crippen molar-refractivity contribution in [1.29, 1.82) is 0 Å². The van der Waals surface area contributed by atoms with E-state index in [1.165, 1.54) is 0 Å². The third-order valence-electron chi connectivity index (χ3n) is 6.24. The predicted molar refractivity (Wildman–Crippen MR) is 136 cm³/mol. The highest BCUT2D eigenvalue weighted by Gasteiger charge is 2.39. The zero-order valence-corrected chi connectivity index (χ0v) is 19.3. The van der Waals surface area contributed by atoms with Crippen molar-refractivity contribution in [3.8, 4) is 11.1 Å². The van der Waals surface area contributed by atoms with E-state index in [0.29, 0.717) is 6.67 Å². The Bertz CT molecular complexity index is 1250. The molecule has 0 saturated carbocycles. The Morgan fingerprint density at radius 2 is 1.89 bits per heavy atom. The third kappa shape index (κ3) is 4.34. The van der Waals surface area contributed by atoms with E-state index in [-0.39, 0.29) is 18.6 Å². The number of aliphatic hydroxyl groups excluding tert-OH is 2. The summed E-state index contributed by atoms with van der Waals surface area (Å²) in [6.07, 6.45) is 0.995. The topological polar surface area (TPSA) is 147 Å². The van der Waals surface area contributed by atoms with Gasteiger partial charge in [0, 0.05) is 29.1 Å². The normalized spacial score (nSPS) is 22.0. The summed E-state index contributed by atoms with van der Waals surface area (Å²) in [6, 6.07) is 17.4. The van der Waals surface area contributed by atoms with Crippen molar-refractivity contribution < 1.29 is 14.9 Å². The van der Waals surface area contributed by atoms with Crippen LogP contribution in [0.3, 0.4) is 0 Å². The smallest absolute Gasteiger partial charge is 0.186 e. The van der Waals surface area contributed by atoms with Gasteiger partial charge < -0.3 is 31.0 Å². The largest absolute Gasteiger partial charge is 0.388 e. The SMILES string of the molecule is CC(N=C(N)N)c1ccccc1NN1CN=Cc2c(-c3ccccc3)cn([C@@H]3OC[C@@H](O)[C@H]3O)c21. The highest BCUT2D eigenvalue weighted by atomic mass is 16.5. The minimum atomic E-state index is -1.06. The Morgan fingerprint density at radius 1 is 1.14 bits per heavy atom. The summed E-state index contributed by atoms with van der Waals surface area (Å²) in [6.45, 7) is 2.29. The summed E-state index contributed by atoms with van der Waals surface area (Å²) in [5, 5.41) is 22.7. The minimum Gasteiger partial charge on any atom is -0.388 e. The standard InChI is InChI=1S/C25H29N7O3/c1-15(29-25(26)27)17-9-5-6-10-20(17)30-32-14-28-11-18-19(16-7-3-2-4-8-16)12-31(23(18)32)24-22(34)21(33)13-35-24/h2-12,15,21-22,24,30,33-34H,13-14H2,1H3,(H4,26,27,29)/t15?,21-,22-,24-/m1/s1. The molecule has 2 aromatic carbocycles. The molecular weight excluding hydrogens is 446 g/mol. The maximum Gasteiger partial charge on any atom is 0.186 e. The zero-order valence-electron chi connectivity index (χ0n) is 19.3. The Kier molecular flexibility index (Phi) is 6.16. The molecule has 2 aliphatic heterocycles. The number of aliphatic imine (C=N–C) groups is 2. The molecule has 5 rings (SSSR count). The lowest BCUT2D eigenvalue weighted by Gasteiger charge is -2.32. The maximum atomic E-state index is 10.7. The van der Waals surface area contributed by atoms with Crippen LogP contribution in [-0.2, 0) is 4.74 Å². The molecule has 1 unspecified atom stereocenters. The van der Waals surface area contributed by atoms with Crippen LogP contribution < -0.4 is 21.9 Å². The molecule has 2 aliphatic rings. The first-order valence-corrected chi connectivity index (χ1v) is 11.4. The Morgan fingerprint density at radius 3 is 2.60 bits per heavy atom. The van der Waals surface area contributed by atoms with E-state index in [1.807, 2.05) is 83.5 Å². The molecule has 0 spiro atoms. The second-order valence-electron chi connectivity index (χ2n) is 8.65. The number of aromatic nitrogens is 1. The van der Waals surface area contributed by atoms with Gasteiger partial charge in [0.1, 0.15) is 24.7 Å². The monoisotopic (exact) mass is 475 g/mol. The van der Waals surface area contributed by atoms with Crippen LogP contribution in [-0.4, -0.2) is 52.4 Å². The predicted octanol–water partition coefficient (Wildman–Crippen LogP) is 1.96. The number of hydrogen-bond donors (Lipinski definition) is 5. The van der Waals surface area contributed by atoms with E-state index in [2.05, 4.69) is 15.4 Å². The first-order valence-electron chi connectivity index (χ1n) is 11.4. The van der Waals surface area contributed by atoms with Gasteiger partial charge in [-0.05, 0) is 18.6 Å². The van der Waals surface area contributed by atoms with Gasteiger partial charge in [-0.1, -0.05) is 48.5 Å². The van der Waals surface area contributed by atoms with Crippen LogP contribution in [0.5, 0.6) is 0 Å². The summed E-state index contributed by atoms with van der Waals surface area (Å²) in [7, 11) is 0. The number of para-hydroxylation sites is 1. The average molecular weight is 476 g/mol. The second-order valence-corrected chi connectivity index (χ2v) is 8.65. The number of benzene rings is 2. The molecule has 1 fully saturated rings. The Labute approximate surface area is 203 Å². The second kappa shape index (κ2) is 9.41. The Hall–Kier alpha value is -3.86. The number of nitrogens with one attached hydrogen (secondary N) is 1. The van der Waals surface area contributed by atoms with Crippen molar-refractivity contribution in [2.75, 3.05) is 23.7 Å². The molecule has 1 saturated heterocycles. The Balaban J connectivity index is 1.59. The molecule has 0 amide bonds. The molecule has 1 aromatic heterocycles. The van der Waals surface area contributed by atoms with E-state index in [0.717, 1.165) is 33.8 Å². The van der Waals surface area contributed by atoms with Crippen LogP contribution in [0, 0.1) is 0 Å². The van der Waals surface area contributed by atoms with E-state index in [9.17, 15) is 10.2 Å². The van der Waals surface area contributed by atoms with Crippen molar-refractivity contribution in [1.82, 2.24) is 4.57 Å². The molecule has 182 valence electrons. The summed E-state index contributed by atoms with van der Waals surface area (Å²) in [5.74, 6) is 0.783. The van der Waals surface area contributed by atoms with Crippen LogP contribution in [0.15, 0.2) is 70.8 Å². The van der Waals surface area contributed by atoms with Crippen molar-refractivity contribution >= 4 is 23.7 Å². The molecule has 3 heterocycles. The fourth-order valence-corrected chi connectivity index (χ4v) is 4.58. The molecule has 10 nitrogen and oxygen atoms in total. The number of hydrogen-bond acceptors (Lipinski definition) is 7. The van der Waals surface area contributed by atoms with Crippen LogP contribution in [0.2, 0.25) is 0 Å². The number of anilines is 2. The highest BCUT2D eigenvalue weighted by Crippen LogP contribution is 2.40. The first kappa shape index (κ1) is 22.9. The third-order valence-corrected chi connectivity index (χ3v) is 6.24. The number of nitrogens with zero attached hydrogens (tertiary/aromatic N) is 4. The lowest BCUT2D eigenvalue weighted by molar-refractivity contribution is -0.0172. The molecule has 7 N–H and O–H groups in total. The summed E-state index contributed by atoms with van der Waals surface area (Å²) in [4.78, 5) is 8.87. The van der Waals surface area contributed by atoms with Crippen LogP contribution in [0.25, 0.3) is 11.1 Å². The number of aliphatic hydroxyl groups is 2. The van der Waals surface area contributed by atoms with Gasteiger partial charge in [0.05, 0.1) is 18.3 Å². The van der Waals surface area contributed by atoms with Crippen molar-refractivity contribution in [2.45, 2.75) is 31.4 Å². The number of rotatable bonds is 6. The van der Waals surface area contributed by atoms with Gasteiger partial charge in [-0.3, -0.25) is 10.4 Å². The zero-order chi connectivity index (χ0) is 24.5. The maximum absolute atomic E-state index is 10.7. The molecule has 4 atom stereocenters. The van der Waals surface area contributed by atoms with E-state index >= 15 is 0 Å². The molecule has 0 radical (unpaired) electrons. The van der Waals surface area contributed by atoms with E-state index in [4.69, 9.17) is 16.2 Å². The van der Waals surface area contributed by atoms with Gasteiger partial charge in [0.2, 0.25) is 0 Å². The fourth-order valence-electron chi connectivity index (χ4n) is 4.58. The van der Waals surface area contributed by atoms with Gasteiger partial charge in [-0.2, -0.15) is 0 Å². The fraction of sp³-hybridized carbons (Fsp3) is 0.280. The van der Waals surface area contributed by atoms with Crippen molar-refractivity contribution in [3.63, 3.8) is 0 Å². The molecule has 0 bridgehead atoms. The molecular formula is C25H29N7O3. The number of fused-ring (bicyclic) bond motifs is 1. The first-order chi connectivity index (χ1) is 16.9. The summed E-state index contributed by atoms with van der Waals surface area (Å²) in [5.41, 5.74) is 19.2. The highest BCUT2D eigenvalue weighted by molar-refractivity contribution is 5.98. The summed E-state index contributed by atoms with van der Waals surface area (Å²) >= 11 is 0. The number of ether oxygens (including phenoxy) is 1. The lowest BCUT2D eigenvalue weighted by Crippen LogP contribution is -2.37. The average Bonchev–Trinajstić information content (AvgIpc) is 3.40. The van der Waals surface area contributed by atoms with Crippen molar-refractivity contribution in [3.05, 3.63) is 71.9 Å². The van der Waals surface area contributed by atoms with Crippen LogP contribution >= 0.6 is 0 Å². The molecule has 3 aromatic rings. The van der Waals surface area contributed by atoms with E-state index < -0.39 is 18.4 Å². The van der Waals surface area contributed by atoms with Gasteiger partial charge in [0.15, 0.2) is 12.2 Å². The minimum absolute atomic E-state index is 0.0180. The summed E-state index contributed by atoms with van der Waals surface area (Å²) < 4.78 is 7.66. The molecule has 0 aliphatic carbocycles. The van der Waals surface area contributed by atoms with Gasteiger partial charge >= 0.3 is 0 Å². The molecule has 10 heteroatoms. The van der Waals surface area contributed by atoms with E-state index in [1.54, 1.807) is 0 Å². The number of guanidine groups is 1. The number of hydrazine groups is 1. The number of nitrogens with two attached hydrogens (primary N) is 2. The molecule has 35 heavy (non-hydrogen) atoms. The van der Waals surface area contributed by atoms with Crippen LogP contribution in [0.4, 0.5) is 11.5 Å². The van der Waals surface area contributed by atoms with Gasteiger partial charge in [-0.25, -0.2) is 10.0 Å².